The van der Waals surface area contributed by atoms with Gasteiger partial charge in [0.2, 0.25) is 27.7 Å². The number of amides is 4. The van der Waals surface area contributed by atoms with E-state index in [1.807, 2.05) is 0 Å². The van der Waals surface area contributed by atoms with E-state index in [1.54, 1.807) is 66.7 Å². The summed E-state index contributed by atoms with van der Waals surface area (Å²) < 4.78 is 44.8. The van der Waals surface area contributed by atoms with Gasteiger partial charge in [0, 0.05) is 29.3 Å². The number of sulfonamides is 1. The van der Waals surface area contributed by atoms with Gasteiger partial charge in [-0.25, -0.2) is 18.2 Å². The Bertz CT molecular complexity index is 1920. The molecule has 0 spiro atoms. The van der Waals surface area contributed by atoms with Gasteiger partial charge in [-0.15, -0.1) is 6.58 Å². The molecule has 16 heteroatoms. The van der Waals surface area contributed by atoms with Crippen LogP contribution in [-0.4, -0.2) is 89.8 Å². The number of nitrogens with zero attached hydrogens (tertiary/aromatic N) is 2. The maximum atomic E-state index is 14.5. The van der Waals surface area contributed by atoms with E-state index >= 15 is 0 Å². The number of likely N-dealkylation sites (tertiary alicyclic amines) is 1. The monoisotopic (exact) mass is 775 g/mol. The number of hydrogen-bond donors (Lipinski definition) is 3. The van der Waals surface area contributed by atoms with E-state index < -0.39 is 79.2 Å². The highest BCUT2D eigenvalue weighted by molar-refractivity contribution is 7.91. The Labute approximate surface area is 315 Å². The standard InChI is InChI=1S/C37H50ClN5O9S/c1-10-21-19-37(21,32(46)42-53(48,49)36(11-2)15-16-36)41-29(44)25-18-22(51-30-24-12-13-26(50-9)27(38)23(24)14-17-39-30)20-43(25)31(45)28(34(3,4)5)40-33(47)52-35(6,7)8/h10,12-14,17,21-22,25,28H,1,11,15-16,18-20H2,2-9H3,(H,40,47)(H,41,44)(H,42,46)/t21-,22-,25+,28-,37-/m1/s1. The minimum atomic E-state index is -4.02. The highest BCUT2D eigenvalue weighted by atomic mass is 35.5. The number of nitrogens with one attached hydrogen (secondary N) is 3. The fraction of sp³-hybridized carbons (Fsp3) is 0.595. The van der Waals surface area contributed by atoms with Crippen LogP contribution in [0.3, 0.4) is 0 Å². The van der Waals surface area contributed by atoms with Gasteiger partial charge in [-0.2, -0.15) is 0 Å². The maximum absolute atomic E-state index is 14.5. The minimum Gasteiger partial charge on any atom is -0.495 e. The zero-order valence-electron chi connectivity index (χ0n) is 31.5. The number of carbonyl (C=O) groups is 4. The van der Waals surface area contributed by atoms with Crippen LogP contribution in [0.4, 0.5) is 4.79 Å². The summed E-state index contributed by atoms with van der Waals surface area (Å²) >= 11 is 6.58. The smallest absolute Gasteiger partial charge is 0.408 e. The van der Waals surface area contributed by atoms with Crippen molar-refractivity contribution in [3.63, 3.8) is 0 Å². The minimum absolute atomic E-state index is 0.0173. The third-order valence-electron chi connectivity index (χ3n) is 10.2. The first-order chi connectivity index (χ1) is 24.6. The molecule has 5 atom stereocenters. The van der Waals surface area contributed by atoms with E-state index in [0.29, 0.717) is 40.8 Å². The summed E-state index contributed by atoms with van der Waals surface area (Å²) in [5.74, 6) is -2.00. The van der Waals surface area contributed by atoms with E-state index in [4.69, 9.17) is 25.8 Å². The quantitative estimate of drug-likeness (QED) is 0.257. The van der Waals surface area contributed by atoms with Crippen LogP contribution in [0.15, 0.2) is 37.1 Å². The molecule has 1 saturated heterocycles. The zero-order valence-corrected chi connectivity index (χ0v) is 33.1. The number of alkyl carbamates (subject to hydrolysis) is 1. The van der Waals surface area contributed by atoms with E-state index in [9.17, 15) is 27.6 Å². The second kappa shape index (κ2) is 14.3. The van der Waals surface area contributed by atoms with Crippen LogP contribution in [0.2, 0.25) is 5.02 Å². The average Bonchev–Trinajstić information content (AvgIpc) is 3.97. The van der Waals surface area contributed by atoms with Crippen molar-refractivity contribution in [1.82, 2.24) is 25.2 Å². The van der Waals surface area contributed by atoms with Crippen LogP contribution < -0.4 is 24.8 Å². The van der Waals surface area contributed by atoms with Gasteiger partial charge < -0.3 is 29.7 Å². The van der Waals surface area contributed by atoms with Gasteiger partial charge in [-0.1, -0.05) is 45.4 Å². The highest BCUT2D eigenvalue weighted by Crippen LogP contribution is 2.48. The van der Waals surface area contributed by atoms with E-state index in [-0.39, 0.29) is 25.3 Å². The molecule has 4 amide bonds. The normalized spacial score (nSPS) is 24.1. The van der Waals surface area contributed by atoms with Gasteiger partial charge in [0.05, 0.1) is 23.4 Å². The van der Waals surface area contributed by atoms with E-state index in [1.165, 1.54) is 24.3 Å². The molecule has 0 bridgehead atoms. The molecule has 2 aromatic rings. The van der Waals surface area contributed by atoms with Crippen LogP contribution in [0.1, 0.15) is 80.6 Å². The summed E-state index contributed by atoms with van der Waals surface area (Å²) in [7, 11) is -2.52. The highest BCUT2D eigenvalue weighted by Gasteiger charge is 2.63. The lowest BCUT2D eigenvalue weighted by Crippen LogP contribution is -2.60. The molecule has 53 heavy (non-hydrogen) atoms. The Hall–Kier alpha value is -4.11. The summed E-state index contributed by atoms with van der Waals surface area (Å²) in [6.07, 6.45) is 2.77. The number of hydrogen-bond acceptors (Lipinski definition) is 10. The van der Waals surface area contributed by atoms with Gasteiger partial charge in [0.1, 0.15) is 35.1 Å². The van der Waals surface area contributed by atoms with Gasteiger partial charge >= 0.3 is 6.09 Å². The molecule has 0 unspecified atom stereocenters. The largest absolute Gasteiger partial charge is 0.495 e. The van der Waals surface area contributed by atoms with Crippen molar-refractivity contribution in [2.24, 2.45) is 11.3 Å². The predicted octanol–water partition coefficient (Wildman–Crippen LogP) is 4.63. The number of rotatable bonds is 12. The predicted molar refractivity (Wildman–Crippen MR) is 199 cm³/mol. The van der Waals surface area contributed by atoms with Gasteiger partial charge in [-0.05, 0) is 70.1 Å². The Morgan fingerprint density at radius 2 is 1.79 bits per heavy atom. The van der Waals surface area contributed by atoms with Crippen molar-refractivity contribution >= 4 is 56.2 Å². The van der Waals surface area contributed by atoms with Crippen LogP contribution in [0.25, 0.3) is 10.8 Å². The molecular weight excluding hydrogens is 726 g/mol. The Kier molecular flexibility index (Phi) is 10.8. The third kappa shape index (κ3) is 8.06. The van der Waals surface area contributed by atoms with Gasteiger partial charge in [-0.3, -0.25) is 19.1 Å². The third-order valence-corrected chi connectivity index (χ3v) is 12.9. The molecule has 0 radical (unpaired) electrons. The van der Waals surface area contributed by atoms with Crippen molar-refractivity contribution in [2.45, 2.75) is 115 Å². The average molecular weight is 776 g/mol. The lowest BCUT2D eigenvalue weighted by molar-refractivity contribution is -0.143. The molecule has 14 nitrogen and oxygen atoms in total. The fourth-order valence-electron chi connectivity index (χ4n) is 6.81. The van der Waals surface area contributed by atoms with E-state index in [0.717, 1.165) is 0 Å². The number of ether oxygens (including phenoxy) is 3. The first kappa shape index (κ1) is 40.1. The molecule has 1 aliphatic heterocycles. The number of aromatic nitrogens is 1. The molecule has 3 N–H and O–H groups in total. The van der Waals surface area contributed by atoms with Crippen molar-refractivity contribution in [1.29, 1.82) is 0 Å². The van der Waals surface area contributed by atoms with Crippen molar-refractivity contribution in [2.75, 3.05) is 13.7 Å². The van der Waals surface area contributed by atoms with Crippen LogP contribution >= 0.6 is 11.6 Å². The molecule has 3 fully saturated rings. The summed E-state index contributed by atoms with van der Waals surface area (Å²) in [5.41, 5.74) is -3.26. The lowest BCUT2D eigenvalue weighted by Gasteiger charge is -2.36. The molecule has 1 aromatic carbocycles. The molecule has 290 valence electrons. The summed E-state index contributed by atoms with van der Waals surface area (Å²) in [4.78, 5) is 61.2. The van der Waals surface area contributed by atoms with Gasteiger partial charge in [0.25, 0.3) is 5.91 Å². The van der Waals surface area contributed by atoms with Crippen LogP contribution in [0.5, 0.6) is 11.6 Å². The molecule has 2 aliphatic carbocycles. The second-order valence-electron chi connectivity index (χ2n) is 16.2. The fourth-order valence-corrected chi connectivity index (χ4v) is 8.77. The molecular formula is C37H50ClN5O9S. The number of methoxy groups -OCH3 is 1. The summed E-state index contributed by atoms with van der Waals surface area (Å²) in [5, 5.41) is 7.04. The van der Waals surface area contributed by atoms with Crippen LogP contribution in [-0.2, 0) is 29.1 Å². The number of carbonyl (C=O) groups excluding carboxylic acids is 4. The second-order valence-corrected chi connectivity index (χ2v) is 18.7. The molecule has 1 aromatic heterocycles. The van der Waals surface area contributed by atoms with Crippen LogP contribution in [0, 0.1) is 11.3 Å². The van der Waals surface area contributed by atoms with Crippen molar-refractivity contribution in [3.8, 4) is 11.6 Å². The number of benzene rings is 1. The maximum Gasteiger partial charge on any atom is 0.408 e. The number of pyridine rings is 1. The number of fused-ring (bicyclic) bond motifs is 1. The molecule has 2 saturated carbocycles. The van der Waals surface area contributed by atoms with Gasteiger partial charge in [0.15, 0.2) is 0 Å². The first-order valence-electron chi connectivity index (χ1n) is 17.7. The summed E-state index contributed by atoms with van der Waals surface area (Å²) in [6.45, 7) is 15.9. The summed E-state index contributed by atoms with van der Waals surface area (Å²) in [6, 6.07) is 2.81. The Morgan fingerprint density at radius 1 is 1.11 bits per heavy atom. The SMILES string of the molecule is C=C[C@@H]1C[C@]1(NC(=O)[C@@H]1C[C@@H](Oc2nccc3c(Cl)c(OC)ccc23)CN1C(=O)[C@@H](NC(=O)OC(C)(C)C)C(C)(C)C)C(=O)NS(=O)(=O)C1(CC)CC1. The first-order valence-corrected chi connectivity index (χ1v) is 19.6. The molecule has 2 heterocycles. The van der Waals surface area contributed by atoms with E-state index in [2.05, 4.69) is 26.9 Å². The van der Waals surface area contributed by atoms with Crippen molar-refractivity contribution in [3.05, 3.63) is 42.1 Å². The lowest BCUT2D eigenvalue weighted by atomic mass is 9.85. The van der Waals surface area contributed by atoms with Crippen molar-refractivity contribution < 1.29 is 41.8 Å². The topological polar surface area (TPSA) is 182 Å². The number of halogens is 1. The Balaban J connectivity index is 1.46. The molecule has 5 rings (SSSR count). The Morgan fingerprint density at radius 3 is 2.34 bits per heavy atom. The molecule has 3 aliphatic rings. The zero-order chi connectivity index (χ0) is 39.3.